The number of carbonyl (C=O) groups excluding carboxylic acids is 2. The third-order valence-electron chi connectivity index (χ3n) is 14.0. The van der Waals surface area contributed by atoms with E-state index in [-0.39, 0.29) is 22.4 Å². The van der Waals surface area contributed by atoms with E-state index >= 15 is 0 Å². The van der Waals surface area contributed by atoms with Crippen LogP contribution in [0.25, 0.3) is 44.8 Å². The molecule has 4 aliphatic rings. The van der Waals surface area contributed by atoms with Crippen LogP contribution in [0.1, 0.15) is 137 Å². The first-order valence-electron chi connectivity index (χ1n) is 22.8. The summed E-state index contributed by atoms with van der Waals surface area (Å²) in [5.41, 5.74) is 9.81. The Labute approximate surface area is 354 Å². The summed E-state index contributed by atoms with van der Waals surface area (Å²) in [5.74, 6) is 0.431. The van der Waals surface area contributed by atoms with Crippen molar-refractivity contribution >= 4 is 45.3 Å². The number of aromatic nitrogens is 6. The molecule has 10 heteroatoms. The Bertz CT molecular complexity index is 2280. The van der Waals surface area contributed by atoms with Crippen molar-refractivity contribution in [3.63, 3.8) is 0 Å². The fourth-order valence-electron chi connectivity index (χ4n) is 10.2. The van der Waals surface area contributed by atoms with Gasteiger partial charge < -0.3 is 19.8 Å². The van der Waals surface area contributed by atoms with Crippen LogP contribution >= 0.6 is 0 Å². The van der Waals surface area contributed by atoms with Crippen LogP contribution in [0.15, 0.2) is 73.3 Å². The Hall–Kier alpha value is -5.38. The van der Waals surface area contributed by atoms with Crippen LogP contribution < -0.4 is 9.80 Å². The molecule has 2 saturated heterocycles. The third kappa shape index (κ3) is 8.22. The van der Waals surface area contributed by atoms with E-state index in [1.807, 2.05) is 24.8 Å². The van der Waals surface area contributed by atoms with Gasteiger partial charge in [0.05, 0.1) is 34.9 Å². The van der Waals surface area contributed by atoms with Crippen LogP contribution in [0.5, 0.6) is 0 Å². The van der Waals surface area contributed by atoms with E-state index in [4.69, 9.17) is 9.97 Å². The number of nitrogens with one attached hydrogen (secondary N) is 2. The average Bonchev–Trinajstić information content (AvgIpc) is 4.11. The minimum absolute atomic E-state index is 0.216. The number of Topliss-reactive ketones (excluding diaryl/α,β-unsaturated/α-hetero) is 2. The maximum absolute atomic E-state index is 13.5. The lowest BCUT2D eigenvalue weighted by Crippen LogP contribution is -2.27. The quantitative estimate of drug-likeness (QED) is 0.115. The normalized spacial score (nSPS) is 19.2. The smallest absolute Gasteiger partial charge is 0.172 e. The van der Waals surface area contributed by atoms with Gasteiger partial charge in [-0.3, -0.25) is 9.59 Å². The summed E-state index contributed by atoms with van der Waals surface area (Å²) in [5, 5.41) is 0. The Morgan fingerprint density at radius 1 is 0.533 bits per heavy atom. The van der Waals surface area contributed by atoms with Crippen molar-refractivity contribution in [3.05, 3.63) is 84.4 Å². The number of carbonyl (C=O) groups is 2. The Morgan fingerprint density at radius 3 is 1.30 bits per heavy atom. The molecule has 2 aliphatic heterocycles. The van der Waals surface area contributed by atoms with Crippen molar-refractivity contribution in [1.29, 1.82) is 0 Å². The zero-order valence-corrected chi connectivity index (χ0v) is 35.6. The molecular formula is C50H60N8O2. The first-order chi connectivity index (χ1) is 29.3. The van der Waals surface area contributed by atoms with Crippen molar-refractivity contribution in [3.8, 4) is 22.5 Å². The molecule has 312 valence electrons. The van der Waals surface area contributed by atoms with Gasteiger partial charge in [0.25, 0.3) is 0 Å². The minimum Gasteiger partial charge on any atom is -0.372 e. The molecule has 0 bridgehead atoms. The van der Waals surface area contributed by atoms with Gasteiger partial charge in [-0.15, -0.1) is 0 Å². The molecule has 0 amide bonds. The Morgan fingerprint density at radius 2 is 0.917 bits per heavy atom. The molecule has 2 aliphatic carbocycles. The Kier molecular flexibility index (Phi) is 11.6. The van der Waals surface area contributed by atoms with E-state index in [0.717, 1.165) is 100 Å². The molecule has 4 aromatic heterocycles. The summed E-state index contributed by atoms with van der Waals surface area (Å²) in [6.45, 7) is 8.73. The summed E-state index contributed by atoms with van der Waals surface area (Å²) in [4.78, 5) is 57.3. The first kappa shape index (κ1) is 40.0. The van der Waals surface area contributed by atoms with Gasteiger partial charge in [-0.25, -0.2) is 19.9 Å². The van der Waals surface area contributed by atoms with Gasteiger partial charge in [-0.05, 0) is 75.6 Å². The molecule has 2 saturated carbocycles. The zero-order valence-electron chi connectivity index (χ0n) is 35.6. The van der Waals surface area contributed by atoms with Crippen molar-refractivity contribution < 1.29 is 9.59 Å². The predicted molar refractivity (Wildman–Crippen MR) is 242 cm³/mol. The first-order valence-corrected chi connectivity index (χ1v) is 22.8. The molecule has 4 fully saturated rings. The Balaban J connectivity index is 0.000000154. The molecule has 10 nitrogen and oxygen atoms in total. The minimum atomic E-state index is -0.293. The molecule has 6 aromatic rings. The summed E-state index contributed by atoms with van der Waals surface area (Å²) in [7, 11) is 0. The van der Waals surface area contributed by atoms with E-state index in [0.29, 0.717) is 33.5 Å². The van der Waals surface area contributed by atoms with Crippen LogP contribution in [-0.2, 0) is 0 Å². The van der Waals surface area contributed by atoms with Gasteiger partial charge in [-0.2, -0.15) is 0 Å². The van der Waals surface area contributed by atoms with E-state index in [1.54, 1.807) is 0 Å². The number of hydrogen-bond donors (Lipinski definition) is 2. The van der Waals surface area contributed by atoms with Crippen molar-refractivity contribution in [2.75, 3.05) is 36.0 Å². The lowest BCUT2D eigenvalue weighted by Gasteiger charge is -2.25. The zero-order chi connectivity index (χ0) is 41.1. The number of ketones is 2. The standard InChI is InChI=1S/2C25H30N4O/c2*1-25(11-4-2-3-5-12-25)23(30)20-16-26-24-22(20)28-21(17-27-24)18-9-8-10-19(15-18)29-13-6-7-14-29/h2*8-10,15-17H,2-7,11-14H2,1H3,(H,26,27). The van der Waals surface area contributed by atoms with Crippen molar-refractivity contribution in [1.82, 2.24) is 29.9 Å². The van der Waals surface area contributed by atoms with Gasteiger partial charge in [0.1, 0.15) is 11.0 Å². The second kappa shape index (κ2) is 17.3. The highest BCUT2D eigenvalue weighted by molar-refractivity contribution is 6.09. The number of aromatic amines is 2. The second-order valence-corrected chi connectivity index (χ2v) is 18.4. The van der Waals surface area contributed by atoms with E-state index in [9.17, 15) is 9.59 Å². The maximum atomic E-state index is 13.5. The monoisotopic (exact) mass is 804 g/mol. The highest BCUT2D eigenvalue weighted by atomic mass is 16.1. The van der Waals surface area contributed by atoms with E-state index in [2.05, 4.69) is 92.1 Å². The van der Waals surface area contributed by atoms with Gasteiger partial charge in [-0.1, -0.05) is 89.5 Å². The predicted octanol–water partition coefficient (Wildman–Crippen LogP) is 11.5. The summed E-state index contributed by atoms with van der Waals surface area (Å²) in [6.07, 6.45) is 25.5. The number of H-pyrrole nitrogens is 2. The number of fused-ring (bicyclic) bond motifs is 2. The van der Waals surface area contributed by atoms with Crippen LogP contribution in [0.2, 0.25) is 0 Å². The van der Waals surface area contributed by atoms with Gasteiger partial charge >= 0.3 is 0 Å². The maximum Gasteiger partial charge on any atom is 0.172 e. The largest absolute Gasteiger partial charge is 0.372 e. The molecule has 60 heavy (non-hydrogen) atoms. The molecule has 6 heterocycles. The molecule has 0 atom stereocenters. The average molecular weight is 805 g/mol. The third-order valence-corrected chi connectivity index (χ3v) is 14.0. The molecule has 10 rings (SSSR count). The lowest BCUT2D eigenvalue weighted by molar-refractivity contribution is 0.0786. The number of benzene rings is 2. The summed E-state index contributed by atoms with van der Waals surface area (Å²) >= 11 is 0. The summed E-state index contributed by atoms with van der Waals surface area (Å²) in [6, 6.07) is 17.1. The van der Waals surface area contributed by atoms with E-state index < -0.39 is 0 Å². The molecule has 0 spiro atoms. The second-order valence-electron chi connectivity index (χ2n) is 18.4. The molecule has 2 N–H and O–H groups in total. The highest BCUT2D eigenvalue weighted by Gasteiger charge is 2.37. The topological polar surface area (TPSA) is 124 Å². The number of rotatable bonds is 8. The summed E-state index contributed by atoms with van der Waals surface area (Å²) < 4.78 is 0. The fraction of sp³-hybridized carbons (Fsp3) is 0.480. The fourth-order valence-corrected chi connectivity index (χ4v) is 10.2. The molecule has 0 unspecified atom stereocenters. The molecular weight excluding hydrogens is 745 g/mol. The van der Waals surface area contributed by atoms with Gasteiger partial charge in [0, 0.05) is 71.9 Å². The molecule has 2 aromatic carbocycles. The molecule has 0 radical (unpaired) electrons. The van der Waals surface area contributed by atoms with Crippen molar-refractivity contribution in [2.45, 2.75) is 117 Å². The van der Waals surface area contributed by atoms with Crippen LogP contribution in [0.4, 0.5) is 11.4 Å². The van der Waals surface area contributed by atoms with E-state index in [1.165, 1.54) is 62.7 Å². The van der Waals surface area contributed by atoms with Crippen LogP contribution in [0.3, 0.4) is 0 Å². The highest BCUT2D eigenvalue weighted by Crippen LogP contribution is 2.40. The number of anilines is 2. The lowest BCUT2D eigenvalue weighted by atomic mass is 9.76. The number of hydrogen-bond acceptors (Lipinski definition) is 8. The van der Waals surface area contributed by atoms with Crippen LogP contribution in [0, 0.1) is 10.8 Å². The number of nitrogens with zero attached hydrogens (tertiary/aromatic N) is 6. The SMILES string of the molecule is CC1(C(=O)c2c[nH]c3ncc(-c4cccc(N5CCCC5)c4)nc23)CCCCCC1.CC1(C(=O)c2c[nH]c3ncc(-c4cccc(N5CCCC5)c4)nc23)CCCCCC1. The van der Waals surface area contributed by atoms with Gasteiger partial charge in [0.15, 0.2) is 22.9 Å². The van der Waals surface area contributed by atoms with Crippen LogP contribution in [-0.4, -0.2) is 67.6 Å². The van der Waals surface area contributed by atoms with Gasteiger partial charge in [0.2, 0.25) is 0 Å². The van der Waals surface area contributed by atoms with Crippen molar-refractivity contribution in [2.24, 2.45) is 10.8 Å².